The SMILES string of the molecule is C/C=C(\C)[C@H]1OC(=O)[C@@H](C)NC(=O)[C@H](C(C)CC)NC(=O)CN(C)C(=O)[C@@H](Cc2ccccc2)N(C)C(=O)[C@H](C)NC(=O)[C@@H](CC(C)C)OC(=O)/C(C)=C/C[C@H](OC(=O)NCCCCCCC)[C@@H]1C. The zero-order chi connectivity index (χ0) is 52.0. The van der Waals surface area contributed by atoms with Crippen molar-refractivity contribution >= 4 is 47.6 Å². The molecule has 0 radical (unpaired) electrons. The number of benzene rings is 1. The Hall–Kier alpha value is -5.74. The Kier molecular flexibility index (Phi) is 25.8. The number of carbonyl (C=O) groups is 8. The summed E-state index contributed by atoms with van der Waals surface area (Å²) in [4.78, 5) is 113. The minimum Gasteiger partial charge on any atom is -0.456 e. The number of carbonyl (C=O) groups excluding carboxylic acids is 8. The summed E-state index contributed by atoms with van der Waals surface area (Å²) in [5.41, 5.74) is 1.47. The van der Waals surface area contributed by atoms with Crippen LogP contribution in [0.2, 0.25) is 0 Å². The third-order valence-corrected chi connectivity index (χ3v) is 12.6. The largest absolute Gasteiger partial charge is 0.456 e. The topological polar surface area (TPSA) is 219 Å². The molecule has 386 valence electrons. The van der Waals surface area contributed by atoms with E-state index in [-0.39, 0.29) is 30.8 Å². The van der Waals surface area contributed by atoms with E-state index < -0.39 is 108 Å². The minimum absolute atomic E-state index is 0.0173. The summed E-state index contributed by atoms with van der Waals surface area (Å²) >= 11 is 0. The van der Waals surface area contributed by atoms with Crippen LogP contribution in [0.4, 0.5) is 4.79 Å². The maximum absolute atomic E-state index is 14.3. The van der Waals surface area contributed by atoms with Crippen molar-refractivity contribution in [2.75, 3.05) is 27.2 Å². The molecule has 4 N–H and O–H groups in total. The summed E-state index contributed by atoms with van der Waals surface area (Å²) in [6.45, 7) is 19.1. The number of cyclic esters (lactones) is 2. The Morgan fingerprint density at radius 3 is 2.12 bits per heavy atom. The molecular weight excluding hydrogens is 885 g/mol. The van der Waals surface area contributed by atoms with Crippen LogP contribution in [0.5, 0.6) is 0 Å². The van der Waals surface area contributed by atoms with E-state index in [0.29, 0.717) is 18.5 Å². The molecule has 2 rings (SSSR count). The van der Waals surface area contributed by atoms with E-state index in [1.165, 1.54) is 50.7 Å². The summed E-state index contributed by atoms with van der Waals surface area (Å²) < 4.78 is 17.9. The first-order chi connectivity index (χ1) is 32.6. The lowest BCUT2D eigenvalue weighted by Gasteiger charge is -2.33. The molecule has 17 heteroatoms. The van der Waals surface area contributed by atoms with Gasteiger partial charge in [-0.1, -0.05) is 116 Å². The monoisotopic (exact) mass is 967 g/mol. The molecule has 0 fully saturated rings. The van der Waals surface area contributed by atoms with E-state index in [0.717, 1.165) is 37.7 Å². The molecule has 0 spiro atoms. The molecule has 1 aliphatic heterocycles. The zero-order valence-corrected chi connectivity index (χ0v) is 43.5. The Morgan fingerprint density at radius 2 is 1.51 bits per heavy atom. The van der Waals surface area contributed by atoms with Crippen LogP contribution in [0, 0.1) is 17.8 Å². The average molecular weight is 967 g/mol. The first-order valence-electron chi connectivity index (χ1n) is 24.7. The van der Waals surface area contributed by atoms with Gasteiger partial charge in [0.05, 0.1) is 6.54 Å². The van der Waals surface area contributed by atoms with Crippen LogP contribution >= 0.6 is 0 Å². The molecule has 0 aliphatic carbocycles. The van der Waals surface area contributed by atoms with Crippen LogP contribution in [0.1, 0.15) is 133 Å². The molecule has 0 saturated carbocycles. The zero-order valence-electron chi connectivity index (χ0n) is 43.5. The van der Waals surface area contributed by atoms with Gasteiger partial charge >= 0.3 is 18.0 Å². The maximum atomic E-state index is 14.3. The second-order valence-corrected chi connectivity index (χ2v) is 18.9. The van der Waals surface area contributed by atoms with Gasteiger partial charge in [0.1, 0.15) is 36.4 Å². The summed E-state index contributed by atoms with van der Waals surface area (Å²) in [5.74, 6) is -6.03. The van der Waals surface area contributed by atoms with Gasteiger partial charge in [-0.05, 0) is 70.4 Å². The van der Waals surface area contributed by atoms with Crippen molar-refractivity contribution in [2.24, 2.45) is 17.8 Å². The second-order valence-electron chi connectivity index (χ2n) is 18.9. The van der Waals surface area contributed by atoms with Crippen LogP contribution in [0.25, 0.3) is 0 Å². The van der Waals surface area contributed by atoms with Crippen molar-refractivity contribution in [3.63, 3.8) is 0 Å². The Morgan fingerprint density at radius 1 is 0.870 bits per heavy atom. The molecule has 0 aromatic heterocycles. The highest BCUT2D eigenvalue weighted by Crippen LogP contribution is 2.26. The molecule has 0 bridgehead atoms. The molecule has 17 nitrogen and oxygen atoms in total. The lowest BCUT2D eigenvalue weighted by atomic mass is 9.90. The molecule has 6 amide bonds. The van der Waals surface area contributed by atoms with Gasteiger partial charge in [-0.25, -0.2) is 14.4 Å². The van der Waals surface area contributed by atoms with Crippen LogP contribution in [0.3, 0.4) is 0 Å². The first-order valence-corrected chi connectivity index (χ1v) is 24.7. The summed E-state index contributed by atoms with van der Waals surface area (Å²) in [5, 5.41) is 10.9. The van der Waals surface area contributed by atoms with Crippen molar-refractivity contribution in [1.82, 2.24) is 31.1 Å². The number of hydrogen-bond donors (Lipinski definition) is 4. The highest BCUT2D eigenvalue weighted by atomic mass is 16.6. The first kappa shape index (κ1) is 59.4. The molecular formula is C52H82N6O11. The number of nitrogens with one attached hydrogen (secondary N) is 4. The van der Waals surface area contributed by atoms with Gasteiger partial charge < -0.3 is 45.3 Å². The Balaban J connectivity index is 2.69. The fraction of sp³-hybridized carbons (Fsp3) is 0.654. The van der Waals surface area contributed by atoms with Gasteiger partial charge in [0.25, 0.3) is 5.91 Å². The average Bonchev–Trinajstić information content (AvgIpc) is 3.31. The minimum atomic E-state index is -1.30. The number of amides is 6. The van der Waals surface area contributed by atoms with E-state index in [4.69, 9.17) is 14.2 Å². The van der Waals surface area contributed by atoms with Gasteiger partial charge in [-0.15, -0.1) is 0 Å². The van der Waals surface area contributed by atoms with Crippen LogP contribution < -0.4 is 21.3 Å². The lowest BCUT2D eigenvalue weighted by molar-refractivity contribution is -0.155. The number of hydrogen-bond acceptors (Lipinski definition) is 11. The van der Waals surface area contributed by atoms with Crippen LogP contribution in [0.15, 0.2) is 53.6 Å². The number of ether oxygens (including phenoxy) is 3. The number of alkyl carbamates (subject to hydrolysis) is 1. The number of rotatable bonds is 14. The predicted molar refractivity (Wildman–Crippen MR) is 264 cm³/mol. The van der Waals surface area contributed by atoms with Crippen LogP contribution in [-0.4, -0.2) is 127 Å². The predicted octanol–water partition coefficient (Wildman–Crippen LogP) is 5.94. The van der Waals surface area contributed by atoms with E-state index in [2.05, 4.69) is 28.2 Å². The molecule has 0 saturated heterocycles. The van der Waals surface area contributed by atoms with Crippen molar-refractivity contribution in [3.8, 4) is 0 Å². The molecule has 1 aliphatic rings. The third-order valence-electron chi connectivity index (χ3n) is 12.6. The molecule has 9 atom stereocenters. The summed E-state index contributed by atoms with van der Waals surface area (Å²) in [7, 11) is 2.85. The fourth-order valence-corrected chi connectivity index (χ4v) is 7.79. The van der Waals surface area contributed by atoms with Crippen molar-refractivity contribution in [3.05, 3.63) is 59.2 Å². The van der Waals surface area contributed by atoms with Gasteiger partial charge in [-0.2, -0.15) is 0 Å². The lowest BCUT2D eigenvalue weighted by Crippen LogP contribution is -2.57. The van der Waals surface area contributed by atoms with E-state index >= 15 is 0 Å². The second kappa shape index (κ2) is 30.0. The molecule has 1 unspecified atom stereocenters. The highest BCUT2D eigenvalue weighted by Gasteiger charge is 2.37. The van der Waals surface area contributed by atoms with Gasteiger partial charge in [0, 0.05) is 45.0 Å². The van der Waals surface area contributed by atoms with E-state index in [1.807, 2.05) is 26.8 Å². The third kappa shape index (κ3) is 19.7. The summed E-state index contributed by atoms with van der Waals surface area (Å²) in [6, 6.07) is 4.41. The fourth-order valence-electron chi connectivity index (χ4n) is 7.79. The Labute approximate surface area is 410 Å². The number of esters is 2. The van der Waals surface area contributed by atoms with Crippen molar-refractivity contribution in [2.45, 2.75) is 176 Å². The Bertz CT molecular complexity index is 1940. The van der Waals surface area contributed by atoms with Crippen molar-refractivity contribution in [1.29, 1.82) is 0 Å². The quantitative estimate of drug-likeness (QED) is 0.0740. The smallest absolute Gasteiger partial charge is 0.407 e. The number of nitrogens with zero attached hydrogens (tertiary/aromatic N) is 2. The molecule has 69 heavy (non-hydrogen) atoms. The number of allylic oxidation sites excluding steroid dienone is 1. The van der Waals surface area contributed by atoms with Gasteiger partial charge in [0.2, 0.25) is 23.6 Å². The van der Waals surface area contributed by atoms with E-state index in [9.17, 15) is 38.4 Å². The highest BCUT2D eigenvalue weighted by molar-refractivity contribution is 5.96. The maximum Gasteiger partial charge on any atom is 0.407 e. The standard InChI is InChI=1S/C52H82N6O11/c1-14-17-18-19-23-28-53-52(66)68-41-27-26-35(8)50(64)67-42(29-32(4)5)46(60)54-37(10)48(62)58(13)40(30-39-24-21-20-22-25-39)49(63)57(12)31-43(59)56-44(33(6)15-2)47(61)55-38(11)51(65)69-45(36(41)9)34(7)16-3/h16,20-22,24-26,32-33,36-38,40-42,44-45H,14-15,17-19,23,27-31H2,1-13H3,(H,53,66)(H,54,60)(H,55,61)(H,56,59)/b34-16+,35-26+/t33?,36-,37-,38+,40+,41-,42+,44-,45+/m0/s1. The van der Waals surface area contributed by atoms with E-state index in [1.54, 1.807) is 58.0 Å². The summed E-state index contributed by atoms with van der Waals surface area (Å²) in [6.07, 6.45) is 4.94. The molecule has 1 aromatic rings. The molecule has 1 heterocycles. The number of likely N-dealkylation sites (N-methyl/N-ethyl adjacent to an activating group) is 2. The molecule has 1 aromatic carbocycles. The van der Waals surface area contributed by atoms with Gasteiger partial charge in [-0.3, -0.25) is 24.0 Å². The van der Waals surface area contributed by atoms with Gasteiger partial charge in [0.15, 0.2) is 6.10 Å². The van der Waals surface area contributed by atoms with Crippen molar-refractivity contribution < 1.29 is 52.6 Å². The normalized spacial score (nSPS) is 26.2. The van der Waals surface area contributed by atoms with Crippen LogP contribution in [-0.2, 0) is 54.2 Å². The number of unbranched alkanes of at least 4 members (excludes halogenated alkanes) is 4.